The number of alkyl halides is 1. The topological polar surface area (TPSA) is 35.5 Å². The number of hydrogen-bond donors (Lipinski definition) is 0. The van der Waals surface area contributed by atoms with Crippen LogP contribution in [-0.4, -0.2) is 13.3 Å². The van der Waals surface area contributed by atoms with Crippen LogP contribution < -0.4 is 4.74 Å². The lowest BCUT2D eigenvalue weighted by molar-refractivity contribution is -0.129. The van der Waals surface area contributed by atoms with Gasteiger partial charge in [0.15, 0.2) is 0 Å². The van der Waals surface area contributed by atoms with Gasteiger partial charge in [-0.05, 0) is 12.1 Å². The maximum Gasteiger partial charge on any atom is 0.293 e. The first-order chi connectivity index (χ1) is 6.77. The number of halogens is 2. The van der Waals surface area contributed by atoms with Gasteiger partial charge in [0, 0.05) is 5.56 Å². The van der Waals surface area contributed by atoms with Gasteiger partial charge in [-0.2, -0.15) is 0 Å². The van der Waals surface area contributed by atoms with Crippen LogP contribution in [0.3, 0.4) is 0 Å². The van der Waals surface area contributed by atoms with E-state index in [0.29, 0.717) is 22.8 Å². The van der Waals surface area contributed by atoms with Crippen molar-refractivity contribution in [2.75, 3.05) is 6.86 Å². The van der Waals surface area contributed by atoms with Crippen molar-refractivity contribution in [3.05, 3.63) is 28.8 Å². The third-order valence-electron chi connectivity index (χ3n) is 1.55. The number of ether oxygens (including phenoxy) is 2. The number of rotatable bonds is 5. The predicted molar refractivity (Wildman–Crippen MR) is 48.9 cm³/mol. The van der Waals surface area contributed by atoms with Gasteiger partial charge >= 0.3 is 0 Å². The van der Waals surface area contributed by atoms with E-state index in [1.807, 2.05) is 0 Å². The molecule has 0 spiro atoms. The van der Waals surface area contributed by atoms with E-state index in [4.69, 9.17) is 11.6 Å². The number of hydrogen-bond acceptors (Lipinski definition) is 3. The fraction of sp³-hybridized carbons (Fsp3) is 0.222. The molecule has 0 atom stereocenters. The molecule has 0 aromatic heterocycles. The van der Waals surface area contributed by atoms with Gasteiger partial charge < -0.3 is 9.47 Å². The monoisotopic (exact) mass is 218 g/mol. The van der Waals surface area contributed by atoms with Crippen molar-refractivity contribution in [1.29, 1.82) is 0 Å². The molecule has 0 saturated heterocycles. The van der Waals surface area contributed by atoms with Gasteiger partial charge in [0.2, 0.25) is 6.86 Å². The van der Waals surface area contributed by atoms with E-state index in [-0.39, 0.29) is 6.61 Å². The molecule has 0 aliphatic heterocycles. The molecule has 76 valence electrons. The number of carbonyl (C=O) groups excluding carboxylic acids is 1. The molecule has 0 amide bonds. The molecule has 0 N–H and O–H groups in total. The lowest BCUT2D eigenvalue weighted by Crippen LogP contribution is -1.94. The van der Waals surface area contributed by atoms with Crippen LogP contribution in [-0.2, 0) is 16.1 Å². The van der Waals surface area contributed by atoms with Crippen LogP contribution in [0.4, 0.5) is 4.39 Å². The van der Waals surface area contributed by atoms with Gasteiger partial charge in [-0.3, -0.25) is 4.79 Å². The van der Waals surface area contributed by atoms with E-state index < -0.39 is 6.86 Å². The van der Waals surface area contributed by atoms with E-state index >= 15 is 0 Å². The number of benzene rings is 1. The molecule has 1 aromatic carbocycles. The highest BCUT2D eigenvalue weighted by Crippen LogP contribution is 2.23. The Labute approximate surface area is 85.4 Å². The average molecular weight is 219 g/mol. The summed E-state index contributed by atoms with van der Waals surface area (Å²) in [5.41, 5.74) is 0.643. The summed E-state index contributed by atoms with van der Waals surface area (Å²) in [6.45, 7) is -0.471. The Morgan fingerprint density at radius 3 is 2.86 bits per heavy atom. The summed E-state index contributed by atoms with van der Waals surface area (Å²) >= 11 is 5.80. The minimum Gasteiger partial charge on any atom is -0.463 e. The third-order valence-corrected chi connectivity index (χ3v) is 1.90. The Hall–Kier alpha value is -1.29. The Morgan fingerprint density at radius 1 is 1.50 bits per heavy atom. The van der Waals surface area contributed by atoms with E-state index in [2.05, 4.69) is 9.47 Å². The zero-order valence-electron chi connectivity index (χ0n) is 7.20. The fourth-order valence-corrected chi connectivity index (χ4v) is 1.15. The Morgan fingerprint density at radius 2 is 2.29 bits per heavy atom. The SMILES string of the molecule is O=COCc1ccc(OCF)cc1Cl. The summed E-state index contributed by atoms with van der Waals surface area (Å²) < 4.78 is 20.9. The summed E-state index contributed by atoms with van der Waals surface area (Å²) in [6, 6.07) is 4.62. The smallest absolute Gasteiger partial charge is 0.293 e. The zero-order valence-corrected chi connectivity index (χ0v) is 7.96. The molecule has 0 saturated carbocycles. The third kappa shape index (κ3) is 2.88. The van der Waals surface area contributed by atoms with Crippen LogP contribution in [0.2, 0.25) is 5.02 Å². The van der Waals surface area contributed by atoms with Gasteiger partial charge in [0.25, 0.3) is 6.47 Å². The minimum atomic E-state index is -0.902. The molecule has 1 aromatic rings. The normalized spacial score (nSPS) is 9.57. The highest BCUT2D eigenvalue weighted by atomic mass is 35.5. The molecular formula is C9H8ClFO3. The summed E-state index contributed by atoms with van der Waals surface area (Å²) in [6.07, 6.45) is 0. The lowest BCUT2D eigenvalue weighted by Gasteiger charge is -2.05. The second-order valence-corrected chi connectivity index (χ2v) is 2.82. The van der Waals surface area contributed by atoms with Crippen molar-refractivity contribution < 1.29 is 18.7 Å². The Kier molecular flexibility index (Phi) is 4.19. The van der Waals surface area contributed by atoms with Gasteiger partial charge in [-0.15, -0.1) is 0 Å². The van der Waals surface area contributed by atoms with Crippen molar-refractivity contribution in [3.8, 4) is 5.75 Å². The summed E-state index contributed by atoms with van der Waals surface area (Å²) in [4.78, 5) is 9.92. The Balaban J connectivity index is 2.73. The molecule has 0 heterocycles. The first-order valence-electron chi connectivity index (χ1n) is 3.80. The van der Waals surface area contributed by atoms with Gasteiger partial charge in [-0.25, -0.2) is 4.39 Å². The summed E-state index contributed by atoms with van der Waals surface area (Å²) in [5, 5.41) is 0.373. The molecule has 3 nitrogen and oxygen atoms in total. The van der Waals surface area contributed by atoms with Gasteiger partial charge in [0.05, 0.1) is 5.02 Å². The van der Waals surface area contributed by atoms with Crippen molar-refractivity contribution in [1.82, 2.24) is 0 Å². The van der Waals surface area contributed by atoms with Crippen LogP contribution in [0, 0.1) is 0 Å². The van der Waals surface area contributed by atoms with Gasteiger partial charge in [-0.1, -0.05) is 17.7 Å². The van der Waals surface area contributed by atoms with Crippen molar-refractivity contribution >= 4 is 18.1 Å². The van der Waals surface area contributed by atoms with E-state index in [9.17, 15) is 9.18 Å². The van der Waals surface area contributed by atoms with E-state index in [1.165, 1.54) is 6.07 Å². The molecule has 0 radical (unpaired) electrons. The van der Waals surface area contributed by atoms with Crippen molar-refractivity contribution in [2.45, 2.75) is 6.61 Å². The lowest BCUT2D eigenvalue weighted by atomic mass is 10.2. The highest BCUT2D eigenvalue weighted by Gasteiger charge is 2.02. The number of carbonyl (C=O) groups is 1. The standard InChI is InChI=1S/C9H8ClFO3/c10-9-3-8(14-5-11)2-1-7(9)4-13-6-12/h1-3,6H,4-5H2. The molecule has 5 heteroatoms. The quantitative estimate of drug-likeness (QED) is 0.712. The van der Waals surface area contributed by atoms with Crippen LogP contribution in [0.15, 0.2) is 18.2 Å². The largest absolute Gasteiger partial charge is 0.463 e. The van der Waals surface area contributed by atoms with Crippen LogP contribution in [0.1, 0.15) is 5.56 Å². The maximum atomic E-state index is 11.8. The van der Waals surface area contributed by atoms with Crippen LogP contribution in [0.25, 0.3) is 0 Å². The van der Waals surface area contributed by atoms with Crippen molar-refractivity contribution in [3.63, 3.8) is 0 Å². The first kappa shape index (κ1) is 10.8. The zero-order chi connectivity index (χ0) is 10.4. The van der Waals surface area contributed by atoms with E-state index in [0.717, 1.165) is 0 Å². The molecule has 0 fully saturated rings. The molecule has 0 aliphatic rings. The summed E-state index contributed by atoms with van der Waals surface area (Å²) in [7, 11) is 0. The fourth-order valence-electron chi connectivity index (χ4n) is 0.922. The van der Waals surface area contributed by atoms with E-state index in [1.54, 1.807) is 12.1 Å². The summed E-state index contributed by atoms with van der Waals surface area (Å²) in [5.74, 6) is 0.340. The molecule has 14 heavy (non-hydrogen) atoms. The molecule has 0 bridgehead atoms. The average Bonchev–Trinajstić information content (AvgIpc) is 2.17. The maximum absolute atomic E-state index is 11.8. The first-order valence-corrected chi connectivity index (χ1v) is 4.18. The van der Waals surface area contributed by atoms with Crippen molar-refractivity contribution in [2.24, 2.45) is 0 Å². The molecule has 0 aliphatic carbocycles. The van der Waals surface area contributed by atoms with Crippen LogP contribution in [0.5, 0.6) is 5.75 Å². The molecule has 1 rings (SSSR count). The van der Waals surface area contributed by atoms with Gasteiger partial charge in [0.1, 0.15) is 12.4 Å². The Bertz CT molecular complexity index is 317. The second-order valence-electron chi connectivity index (χ2n) is 2.41. The predicted octanol–water partition coefficient (Wildman–Crippen LogP) is 2.32. The highest BCUT2D eigenvalue weighted by molar-refractivity contribution is 6.31. The molecule has 0 unspecified atom stereocenters. The molecular weight excluding hydrogens is 211 g/mol. The van der Waals surface area contributed by atoms with Crippen LogP contribution >= 0.6 is 11.6 Å². The minimum absolute atomic E-state index is 0.0955. The second kappa shape index (κ2) is 5.44.